The molecule has 0 unspecified atom stereocenters. The van der Waals surface area contributed by atoms with Crippen LogP contribution >= 0.6 is 0 Å². The number of alkyl carbamates (subject to hydrolysis) is 1. The van der Waals surface area contributed by atoms with Crippen LogP contribution in [0.5, 0.6) is 0 Å². The molecular weight excluding hydrogens is 422 g/mol. The van der Waals surface area contributed by atoms with E-state index >= 15 is 0 Å². The zero-order valence-corrected chi connectivity index (χ0v) is 20.2. The minimum absolute atomic E-state index is 0.0868. The molecule has 0 aliphatic heterocycles. The monoisotopic (exact) mass is 457 g/mol. The van der Waals surface area contributed by atoms with E-state index < -0.39 is 6.09 Å². The van der Waals surface area contributed by atoms with Gasteiger partial charge in [0.1, 0.15) is 11.9 Å². The van der Waals surface area contributed by atoms with Gasteiger partial charge >= 0.3 is 6.09 Å². The molecule has 9 heteroatoms. The van der Waals surface area contributed by atoms with Crippen LogP contribution in [0.4, 0.5) is 10.6 Å². The van der Waals surface area contributed by atoms with E-state index in [9.17, 15) is 9.59 Å². The Bertz CT molecular complexity index is 989. The number of benzene rings is 1. The lowest BCUT2D eigenvalue weighted by molar-refractivity contribution is 0.0626. The summed E-state index contributed by atoms with van der Waals surface area (Å²) in [6.07, 6.45) is 2.88. The fraction of sp³-hybridized carbons (Fsp3) is 0.583. The highest BCUT2D eigenvalue weighted by Crippen LogP contribution is 2.28. The molecule has 1 saturated carbocycles. The number of hydrogen-bond donors (Lipinski definition) is 3. The van der Waals surface area contributed by atoms with E-state index in [1.807, 2.05) is 45.9 Å². The summed E-state index contributed by atoms with van der Waals surface area (Å²) >= 11 is 0. The first-order chi connectivity index (χ1) is 15.7. The van der Waals surface area contributed by atoms with Crippen LogP contribution in [0.15, 0.2) is 18.2 Å². The van der Waals surface area contributed by atoms with Gasteiger partial charge in [-0.05, 0) is 59.1 Å². The first kappa shape index (κ1) is 24.7. The van der Waals surface area contributed by atoms with E-state index in [0.717, 1.165) is 36.6 Å². The van der Waals surface area contributed by atoms with E-state index in [1.165, 1.54) is 0 Å². The Hall–Kier alpha value is -2.94. The molecule has 1 aromatic heterocycles. The predicted octanol–water partition coefficient (Wildman–Crippen LogP) is 3.56. The number of rotatable bonds is 7. The maximum atomic E-state index is 12.6. The Morgan fingerprint density at radius 1 is 1.15 bits per heavy atom. The van der Waals surface area contributed by atoms with Crippen molar-refractivity contribution in [2.45, 2.75) is 71.1 Å². The first-order valence-corrected chi connectivity index (χ1v) is 11.5. The van der Waals surface area contributed by atoms with Crippen LogP contribution in [-0.4, -0.2) is 59.9 Å². The summed E-state index contributed by atoms with van der Waals surface area (Å²) in [4.78, 5) is 34.0. The molecule has 0 spiro atoms. The SMILES string of the molecule is COCCNC(=O)c1nc(N[C@H]2CCCC[C@H]2OC(=O)NC(C)(C)C)c2cc(C)ccc2n1. The Balaban J connectivity index is 1.86. The van der Waals surface area contributed by atoms with E-state index in [-0.39, 0.29) is 29.4 Å². The third kappa shape index (κ3) is 7.02. The summed E-state index contributed by atoms with van der Waals surface area (Å²) in [6.45, 7) is 8.52. The van der Waals surface area contributed by atoms with E-state index in [1.54, 1.807) is 7.11 Å². The Kier molecular flexibility index (Phi) is 8.07. The number of nitrogens with zero attached hydrogens (tertiary/aromatic N) is 2. The summed E-state index contributed by atoms with van der Waals surface area (Å²) in [5, 5.41) is 9.92. The van der Waals surface area contributed by atoms with Crippen molar-refractivity contribution in [2.24, 2.45) is 0 Å². The van der Waals surface area contributed by atoms with Crippen molar-refractivity contribution < 1.29 is 19.1 Å². The second-order valence-electron chi connectivity index (χ2n) is 9.52. The number of carbonyl (C=O) groups is 2. The van der Waals surface area contributed by atoms with Gasteiger partial charge in [-0.1, -0.05) is 18.1 Å². The van der Waals surface area contributed by atoms with Crippen molar-refractivity contribution in [3.8, 4) is 0 Å². The number of hydrogen-bond acceptors (Lipinski definition) is 7. The predicted molar refractivity (Wildman–Crippen MR) is 128 cm³/mol. The maximum absolute atomic E-state index is 12.6. The molecule has 33 heavy (non-hydrogen) atoms. The molecule has 3 N–H and O–H groups in total. The van der Waals surface area contributed by atoms with Gasteiger partial charge < -0.3 is 25.4 Å². The van der Waals surface area contributed by atoms with Gasteiger partial charge in [0.2, 0.25) is 5.82 Å². The number of nitrogens with one attached hydrogen (secondary N) is 3. The van der Waals surface area contributed by atoms with E-state index in [4.69, 9.17) is 9.47 Å². The van der Waals surface area contributed by atoms with Gasteiger partial charge in [0.15, 0.2) is 0 Å². The number of amides is 2. The fourth-order valence-corrected chi connectivity index (χ4v) is 3.85. The quantitative estimate of drug-likeness (QED) is 0.545. The number of aromatic nitrogens is 2. The average molecular weight is 458 g/mol. The summed E-state index contributed by atoms with van der Waals surface area (Å²) in [7, 11) is 1.58. The van der Waals surface area contributed by atoms with Gasteiger partial charge in [0, 0.05) is 24.6 Å². The maximum Gasteiger partial charge on any atom is 0.407 e. The van der Waals surface area contributed by atoms with Gasteiger partial charge in [-0.3, -0.25) is 4.79 Å². The minimum atomic E-state index is -0.428. The average Bonchev–Trinajstić information content (AvgIpc) is 2.74. The zero-order chi connectivity index (χ0) is 24.0. The number of carbonyl (C=O) groups excluding carboxylic acids is 2. The van der Waals surface area contributed by atoms with Crippen LogP contribution < -0.4 is 16.0 Å². The number of anilines is 1. The second-order valence-corrected chi connectivity index (χ2v) is 9.52. The smallest absolute Gasteiger partial charge is 0.407 e. The molecular formula is C24H35N5O4. The molecule has 2 atom stereocenters. The van der Waals surface area contributed by atoms with Crippen LogP contribution in [0.1, 0.15) is 62.6 Å². The molecule has 0 bridgehead atoms. The molecule has 1 fully saturated rings. The zero-order valence-electron chi connectivity index (χ0n) is 20.2. The van der Waals surface area contributed by atoms with Crippen LogP contribution in [-0.2, 0) is 9.47 Å². The third-order valence-electron chi connectivity index (χ3n) is 5.41. The van der Waals surface area contributed by atoms with Crippen LogP contribution in [0.2, 0.25) is 0 Å². The van der Waals surface area contributed by atoms with Crippen LogP contribution in [0.3, 0.4) is 0 Å². The molecule has 0 saturated heterocycles. The number of methoxy groups -OCH3 is 1. The molecule has 1 aromatic carbocycles. The molecule has 2 aromatic rings. The van der Waals surface area contributed by atoms with Crippen molar-refractivity contribution in [3.05, 3.63) is 29.6 Å². The summed E-state index contributed by atoms with van der Waals surface area (Å²) in [5.41, 5.74) is 1.36. The molecule has 1 aliphatic carbocycles. The van der Waals surface area contributed by atoms with Crippen LogP contribution in [0, 0.1) is 6.92 Å². The standard InChI is InChI=1S/C24H35N5O4/c1-15-10-11-17-16(14-15)20(28-21(26-17)22(30)25-12-13-32-5)27-18-8-6-7-9-19(18)33-23(31)29-24(2,3)4/h10-11,14,18-19H,6-9,12-13H2,1-5H3,(H,25,30)(H,29,31)(H,26,27,28)/t18-,19+/m0/s1. The Morgan fingerprint density at radius 3 is 2.64 bits per heavy atom. The van der Waals surface area contributed by atoms with Gasteiger partial charge in [-0.2, -0.15) is 0 Å². The van der Waals surface area contributed by atoms with Crippen molar-refractivity contribution in [3.63, 3.8) is 0 Å². The van der Waals surface area contributed by atoms with Crippen molar-refractivity contribution in [1.82, 2.24) is 20.6 Å². The number of ether oxygens (including phenoxy) is 2. The molecule has 1 aliphatic rings. The fourth-order valence-electron chi connectivity index (χ4n) is 3.85. The Morgan fingerprint density at radius 2 is 1.91 bits per heavy atom. The lowest BCUT2D eigenvalue weighted by Gasteiger charge is -2.33. The van der Waals surface area contributed by atoms with Crippen molar-refractivity contribution in [2.75, 3.05) is 25.6 Å². The van der Waals surface area contributed by atoms with Gasteiger partial charge in [-0.25, -0.2) is 14.8 Å². The van der Waals surface area contributed by atoms with Gasteiger partial charge in [0.25, 0.3) is 5.91 Å². The summed E-state index contributed by atoms with van der Waals surface area (Å²) in [6, 6.07) is 5.71. The molecule has 1 heterocycles. The molecule has 0 radical (unpaired) electrons. The lowest BCUT2D eigenvalue weighted by Crippen LogP contribution is -2.46. The normalized spacial score (nSPS) is 18.6. The first-order valence-electron chi connectivity index (χ1n) is 11.5. The summed E-state index contributed by atoms with van der Waals surface area (Å²) in [5.74, 6) is 0.291. The van der Waals surface area contributed by atoms with Crippen LogP contribution in [0.25, 0.3) is 10.9 Å². The summed E-state index contributed by atoms with van der Waals surface area (Å²) < 4.78 is 10.8. The lowest BCUT2D eigenvalue weighted by atomic mass is 9.92. The largest absolute Gasteiger partial charge is 0.444 e. The highest BCUT2D eigenvalue weighted by Gasteiger charge is 2.30. The van der Waals surface area contributed by atoms with Crippen molar-refractivity contribution >= 4 is 28.7 Å². The molecule has 9 nitrogen and oxygen atoms in total. The van der Waals surface area contributed by atoms with Crippen molar-refractivity contribution in [1.29, 1.82) is 0 Å². The van der Waals surface area contributed by atoms with Gasteiger partial charge in [0.05, 0.1) is 18.2 Å². The molecule has 3 rings (SSSR count). The highest BCUT2D eigenvalue weighted by molar-refractivity contribution is 5.96. The number of aryl methyl sites for hydroxylation is 1. The topological polar surface area (TPSA) is 114 Å². The number of fused-ring (bicyclic) bond motifs is 1. The van der Waals surface area contributed by atoms with Gasteiger partial charge in [-0.15, -0.1) is 0 Å². The molecule has 180 valence electrons. The highest BCUT2D eigenvalue weighted by atomic mass is 16.6. The van der Waals surface area contributed by atoms with E-state index in [2.05, 4.69) is 25.9 Å². The second kappa shape index (κ2) is 10.8. The Labute approximate surface area is 195 Å². The third-order valence-corrected chi connectivity index (χ3v) is 5.41. The van der Waals surface area contributed by atoms with E-state index in [0.29, 0.717) is 24.5 Å². The minimum Gasteiger partial charge on any atom is -0.444 e. The molecule has 2 amide bonds.